The maximum absolute atomic E-state index is 11.6. The van der Waals surface area contributed by atoms with Crippen LogP contribution in [0.4, 0.5) is 0 Å². The predicted molar refractivity (Wildman–Crippen MR) is 70.6 cm³/mol. The number of ether oxygens (including phenoxy) is 2. The van der Waals surface area contributed by atoms with E-state index < -0.39 is 5.97 Å². The normalized spacial score (nSPS) is 9.21. The number of carbonyl (C=O) groups is 2. The van der Waals surface area contributed by atoms with Crippen molar-refractivity contribution in [3.8, 4) is 11.8 Å². The Hall–Kier alpha value is -2.28. The molecule has 4 heteroatoms. The van der Waals surface area contributed by atoms with Crippen molar-refractivity contribution in [2.45, 2.75) is 20.3 Å². The van der Waals surface area contributed by atoms with Gasteiger partial charge in [0.05, 0.1) is 19.3 Å². The van der Waals surface area contributed by atoms with E-state index in [0.717, 1.165) is 5.56 Å². The number of esters is 2. The molecule has 0 fully saturated rings. The van der Waals surface area contributed by atoms with Crippen molar-refractivity contribution in [3.05, 3.63) is 34.9 Å². The number of methoxy groups -OCH3 is 1. The zero-order valence-corrected chi connectivity index (χ0v) is 11.3. The van der Waals surface area contributed by atoms with E-state index >= 15 is 0 Å². The van der Waals surface area contributed by atoms with E-state index in [1.165, 1.54) is 7.11 Å². The summed E-state index contributed by atoms with van der Waals surface area (Å²) in [5.74, 6) is 4.69. The Bertz CT molecular complexity index is 535. The molecule has 0 amide bonds. The summed E-state index contributed by atoms with van der Waals surface area (Å²) in [7, 11) is 1.32. The van der Waals surface area contributed by atoms with Crippen LogP contribution in [0.2, 0.25) is 0 Å². The molecule has 0 saturated heterocycles. The summed E-state index contributed by atoms with van der Waals surface area (Å²) in [6.45, 7) is 3.97. The van der Waals surface area contributed by atoms with Crippen molar-refractivity contribution < 1.29 is 19.1 Å². The molecule has 0 aliphatic heterocycles. The molecule has 0 radical (unpaired) electrons. The molecule has 100 valence electrons. The van der Waals surface area contributed by atoms with Gasteiger partial charge in [0, 0.05) is 5.56 Å². The highest BCUT2D eigenvalue weighted by Gasteiger charge is 2.10. The molecule has 0 aliphatic carbocycles. The standard InChI is InChI=1S/C15H16O4/c1-4-19-14(16)7-5-6-12-10-11(2)8-9-13(12)15(17)18-3/h8-10H,4,7H2,1-3H3. The van der Waals surface area contributed by atoms with Gasteiger partial charge in [-0.15, -0.1) is 0 Å². The molecule has 1 rings (SSSR count). The number of hydrogen-bond donors (Lipinski definition) is 0. The molecular formula is C15H16O4. The summed E-state index contributed by atoms with van der Waals surface area (Å²) < 4.78 is 9.45. The van der Waals surface area contributed by atoms with Gasteiger partial charge < -0.3 is 9.47 Å². The monoisotopic (exact) mass is 260 g/mol. The topological polar surface area (TPSA) is 52.6 Å². The van der Waals surface area contributed by atoms with Crippen LogP contribution >= 0.6 is 0 Å². The summed E-state index contributed by atoms with van der Waals surface area (Å²) in [6, 6.07) is 5.25. The van der Waals surface area contributed by atoms with E-state index in [2.05, 4.69) is 16.6 Å². The van der Waals surface area contributed by atoms with E-state index in [4.69, 9.17) is 4.74 Å². The fraction of sp³-hybridized carbons (Fsp3) is 0.333. The molecule has 0 heterocycles. The number of hydrogen-bond acceptors (Lipinski definition) is 4. The molecule has 0 N–H and O–H groups in total. The van der Waals surface area contributed by atoms with Crippen molar-refractivity contribution in [3.63, 3.8) is 0 Å². The Morgan fingerprint density at radius 1 is 1.32 bits per heavy atom. The van der Waals surface area contributed by atoms with Gasteiger partial charge in [0.25, 0.3) is 0 Å². The van der Waals surface area contributed by atoms with Crippen LogP contribution in [-0.2, 0) is 14.3 Å². The summed E-state index contributed by atoms with van der Waals surface area (Å²) >= 11 is 0. The lowest BCUT2D eigenvalue weighted by molar-refractivity contribution is -0.141. The van der Waals surface area contributed by atoms with E-state index in [1.54, 1.807) is 19.1 Å². The molecule has 1 aromatic carbocycles. The molecule has 0 atom stereocenters. The van der Waals surface area contributed by atoms with Crippen molar-refractivity contribution in [1.82, 2.24) is 0 Å². The molecule has 0 spiro atoms. The highest BCUT2D eigenvalue weighted by atomic mass is 16.5. The fourth-order valence-corrected chi connectivity index (χ4v) is 1.47. The highest BCUT2D eigenvalue weighted by Crippen LogP contribution is 2.12. The first kappa shape index (κ1) is 14.8. The van der Waals surface area contributed by atoms with Gasteiger partial charge in [0.15, 0.2) is 0 Å². The summed E-state index contributed by atoms with van der Waals surface area (Å²) in [5, 5.41) is 0. The number of aryl methyl sites for hydroxylation is 1. The minimum Gasteiger partial charge on any atom is -0.465 e. The molecule has 4 nitrogen and oxygen atoms in total. The van der Waals surface area contributed by atoms with E-state index in [0.29, 0.717) is 17.7 Å². The lowest BCUT2D eigenvalue weighted by Gasteiger charge is -2.03. The first-order chi connectivity index (χ1) is 9.08. The molecule has 0 bridgehead atoms. The number of rotatable bonds is 3. The third-order valence-electron chi connectivity index (χ3n) is 2.34. The maximum atomic E-state index is 11.6. The summed E-state index contributed by atoms with van der Waals surface area (Å²) in [6.07, 6.45) is 0.00238. The first-order valence-corrected chi connectivity index (χ1v) is 5.92. The van der Waals surface area contributed by atoms with E-state index in [-0.39, 0.29) is 12.4 Å². The molecular weight excluding hydrogens is 244 g/mol. The van der Waals surface area contributed by atoms with Gasteiger partial charge in [-0.05, 0) is 31.5 Å². The molecule has 19 heavy (non-hydrogen) atoms. The lowest BCUT2D eigenvalue weighted by atomic mass is 10.0. The zero-order valence-electron chi connectivity index (χ0n) is 11.3. The Balaban J connectivity index is 2.93. The third kappa shape index (κ3) is 4.47. The third-order valence-corrected chi connectivity index (χ3v) is 2.34. The van der Waals surface area contributed by atoms with Gasteiger partial charge in [-0.2, -0.15) is 0 Å². The summed E-state index contributed by atoms with van der Waals surface area (Å²) in [4.78, 5) is 22.7. The van der Waals surface area contributed by atoms with Gasteiger partial charge in [-0.25, -0.2) is 4.79 Å². The van der Waals surface area contributed by atoms with Crippen molar-refractivity contribution >= 4 is 11.9 Å². The van der Waals surface area contributed by atoms with Crippen molar-refractivity contribution in [2.24, 2.45) is 0 Å². The maximum Gasteiger partial charge on any atom is 0.339 e. The second-order valence-electron chi connectivity index (χ2n) is 3.82. The average Bonchev–Trinajstić information content (AvgIpc) is 2.38. The molecule has 0 saturated carbocycles. The first-order valence-electron chi connectivity index (χ1n) is 5.92. The van der Waals surface area contributed by atoms with Gasteiger partial charge in [0.2, 0.25) is 0 Å². The van der Waals surface area contributed by atoms with Gasteiger partial charge in [-0.3, -0.25) is 4.79 Å². The molecule has 0 aromatic heterocycles. The molecule has 1 aromatic rings. The quantitative estimate of drug-likeness (QED) is 0.617. The minimum absolute atomic E-state index is 0.00238. The van der Waals surface area contributed by atoms with E-state index in [1.807, 2.05) is 13.0 Å². The largest absolute Gasteiger partial charge is 0.465 e. The number of carbonyl (C=O) groups excluding carboxylic acids is 2. The predicted octanol–water partition coefficient (Wildman–Crippen LogP) is 2.09. The van der Waals surface area contributed by atoms with Crippen LogP contribution in [0, 0.1) is 18.8 Å². The van der Waals surface area contributed by atoms with Gasteiger partial charge in [0.1, 0.15) is 6.42 Å². The molecule has 0 aliphatic rings. The van der Waals surface area contributed by atoms with Crippen LogP contribution in [0.15, 0.2) is 18.2 Å². The van der Waals surface area contributed by atoms with Crippen LogP contribution in [0.25, 0.3) is 0 Å². The van der Waals surface area contributed by atoms with Gasteiger partial charge >= 0.3 is 11.9 Å². The lowest BCUT2D eigenvalue weighted by Crippen LogP contribution is -2.04. The second kappa shape index (κ2) is 7.22. The SMILES string of the molecule is CCOC(=O)CC#Cc1cc(C)ccc1C(=O)OC. The fourth-order valence-electron chi connectivity index (χ4n) is 1.47. The van der Waals surface area contributed by atoms with Crippen LogP contribution in [0.5, 0.6) is 0 Å². The van der Waals surface area contributed by atoms with Gasteiger partial charge in [-0.1, -0.05) is 17.9 Å². The Morgan fingerprint density at radius 3 is 2.68 bits per heavy atom. The average molecular weight is 260 g/mol. The summed E-state index contributed by atoms with van der Waals surface area (Å²) in [5.41, 5.74) is 1.92. The molecule has 0 unspecified atom stereocenters. The minimum atomic E-state index is -0.444. The smallest absolute Gasteiger partial charge is 0.339 e. The van der Waals surface area contributed by atoms with Crippen LogP contribution in [0.1, 0.15) is 34.8 Å². The Morgan fingerprint density at radius 2 is 2.05 bits per heavy atom. The van der Waals surface area contributed by atoms with Crippen LogP contribution in [0.3, 0.4) is 0 Å². The highest BCUT2D eigenvalue weighted by molar-refractivity contribution is 5.92. The van der Waals surface area contributed by atoms with Crippen molar-refractivity contribution in [1.29, 1.82) is 0 Å². The zero-order chi connectivity index (χ0) is 14.3. The van der Waals surface area contributed by atoms with Crippen LogP contribution < -0.4 is 0 Å². The van der Waals surface area contributed by atoms with E-state index in [9.17, 15) is 9.59 Å². The second-order valence-corrected chi connectivity index (χ2v) is 3.82. The van der Waals surface area contributed by atoms with Crippen molar-refractivity contribution in [2.75, 3.05) is 13.7 Å². The Labute approximate surface area is 112 Å². The number of benzene rings is 1. The van der Waals surface area contributed by atoms with Crippen LogP contribution in [-0.4, -0.2) is 25.7 Å². The Kier molecular flexibility index (Phi) is 5.62.